The number of hydrogen-bond donors (Lipinski definition) is 0. The van der Waals surface area contributed by atoms with E-state index in [0.717, 1.165) is 11.4 Å². The first-order valence-corrected chi connectivity index (χ1v) is 4.76. The Morgan fingerprint density at radius 3 is 2.14 bits per heavy atom. The van der Waals surface area contributed by atoms with Crippen molar-refractivity contribution in [3.8, 4) is 5.69 Å². The van der Waals surface area contributed by atoms with Gasteiger partial charge in [0.2, 0.25) is 0 Å². The van der Waals surface area contributed by atoms with E-state index in [0.29, 0.717) is 0 Å². The normalized spacial score (nSPS) is 10.5. The zero-order valence-electron chi connectivity index (χ0n) is 8.78. The van der Waals surface area contributed by atoms with Gasteiger partial charge >= 0.3 is 0 Å². The molecule has 0 saturated carbocycles. The molecule has 0 fully saturated rings. The maximum absolute atomic E-state index is 4.28. The third-order valence-corrected chi connectivity index (χ3v) is 2.28. The van der Waals surface area contributed by atoms with Crippen LogP contribution in [0.15, 0.2) is 30.5 Å². The van der Waals surface area contributed by atoms with Gasteiger partial charge in [-0.05, 0) is 50.1 Å². The monoisotopic (exact) mass is 186 g/mol. The summed E-state index contributed by atoms with van der Waals surface area (Å²) in [5, 5.41) is 4.28. The van der Waals surface area contributed by atoms with E-state index in [-0.39, 0.29) is 0 Å². The third-order valence-electron chi connectivity index (χ3n) is 2.28. The lowest BCUT2D eigenvalue weighted by molar-refractivity contribution is 0.845. The minimum atomic E-state index is 1.14. The SMILES string of the molecule is Cc1cc(C)cc(-n2nccc2C)c1. The molecule has 2 rings (SSSR count). The van der Waals surface area contributed by atoms with Crippen LogP contribution in [0, 0.1) is 20.8 Å². The molecule has 2 heteroatoms. The van der Waals surface area contributed by atoms with Crippen molar-refractivity contribution in [2.45, 2.75) is 20.8 Å². The van der Waals surface area contributed by atoms with Gasteiger partial charge in [-0.25, -0.2) is 4.68 Å². The van der Waals surface area contributed by atoms with Crippen LogP contribution in [0.1, 0.15) is 16.8 Å². The van der Waals surface area contributed by atoms with Gasteiger partial charge in [0.15, 0.2) is 0 Å². The van der Waals surface area contributed by atoms with Gasteiger partial charge in [0.05, 0.1) is 5.69 Å². The summed E-state index contributed by atoms with van der Waals surface area (Å²) in [4.78, 5) is 0. The molecule has 0 amide bonds. The molecule has 0 aliphatic heterocycles. The lowest BCUT2D eigenvalue weighted by atomic mass is 10.1. The molecule has 2 aromatic rings. The van der Waals surface area contributed by atoms with Crippen molar-refractivity contribution in [2.24, 2.45) is 0 Å². The molecule has 0 unspecified atom stereocenters. The fourth-order valence-corrected chi connectivity index (χ4v) is 1.71. The van der Waals surface area contributed by atoms with Crippen LogP contribution in [0.3, 0.4) is 0 Å². The molecule has 0 atom stereocenters. The molecule has 0 aliphatic rings. The summed E-state index contributed by atoms with van der Waals surface area (Å²) in [6.07, 6.45) is 1.83. The van der Waals surface area contributed by atoms with Gasteiger partial charge in [-0.3, -0.25) is 0 Å². The van der Waals surface area contributed by atoms with Crippen LogP contribution < -0.4 is 0 Å². The highest BCUT2D eigenvalue weighted by molar-refractivity contribution is 5.39. The van der Waals surface area contributed by atoms with Crippen molar-refractivity contribution in [3.63, 3.8) is 0 Å². The summed E-state index contributed by atoms with van der Waals surface area (Å²) in [5.41, 5.74) is 4.85. The van der Waals surface area contributed by atoms with E-state index in [1.807, 2.05) is 16.9 Å². The fourth-order valence-electron chi connectivity index (χ4n) is 1.71. The smallest absolute Gasteiger partial charge is 0.0653 e. The van der Waals surface area contributed by atoms with Crippen LogP contribution in [0.2, 0.25) is 0 Å². The predicted octanol–water partition coefficient (Wildman–Crippen LogP) is 2.80. The molecule has 0 aliphatic carbocycles. The minimum absolute atomic E-state index is 1.14. The Bertz CT molecular complexity index is 435. The highest BCUT2D eigenvalue weighted by Gasteiger charge is 2.01. The maximum Gasteiger partial charge on any atom is 0.0653 e. The second-order valence-corrected chi connectivity index (χ2v) is 3.73. The van der Waals surface area contributed by atoms with Crippen molar-refractivity contribution in [1.29, 1.82) is 0 Å². The number of aromatic nitrogens is 2. The lowest BCUT2D eigenvalue weighted by Gasteiger charge is -2.06. The Labute approximate surface area is 84.2 Å². The molecule has 0 bridgehead atoms. The van der Waals surface area contributed by atoms with Gasteiger partial charge in [0, 0.05) is 11.9 Å². The van der Waals surface area contributed by atoms with Crippen molar-refractivity contribution in [3.05, 3.63) is 47.3 Å². The van der Waals surface area contributed by atoms with Crippen LogP contribution in [0.4, 0.5) is 0 Å². The van der Waals surface area contributed by atoms with Crippen LogP contribution in [-0.4, -0.2) is 9.78 Å². The van der Waals surface area contributed by atoms with Crippen molar-refractivity contribution < 1.29 is 0 Å². The predicted molar refractivity (Wildman–Crippen MR) is 57.8 cm³/mol. The molecule has 1 aromatic heterocycles. The van der Waals surface area contributed by atoms with Gasteiger partial charge in [-0.15, -0.1) is 0 Å². The Morgan fingerprint density at radius 2 is 1.64 bits per heavy atom. The number of aryl methyl sites for hydroxylation is 3. The van der Waals surface area contributed by atoms with Crippen LogP contribution in [-0.2, 0) is 0 Å². The summed E-state index contributed by atoms with van der Waals surface area (Å²) in [7, 11) is 0. The second-order valence-electron chi connectivity index (χ2n) is 3.73. The summed E-state index contributed by atoms with van der Waals surface area (Å²) in [6, 6.07) is 8.47. The van der Waals surface area contributed by atoms with Crippen LogP contribution in [0.25, 0.3) is 5.69 Å². The Hall–Kier alpha value is -1.57. The number of rotatable bonds is 1. The number of benzene rings is 1. The standard InChI is InChI=1S/C12H14N2/c1-9-6-10(2)8-12(7-9)14-11(3)4-5-13-14/h4-8H,1-3H3. The third kappa shape index (κ3) is 1.55. The summed E-state index contributed by atoms with van der Waals surface area (Å²) < 4.78 is 1.96. The zero-order valence-corrected chi connectivity index (χ0v) is 8.78. The first kappa shape index (κ1) is 9.00. The summed E-state index contributed by atoms with van der Waals surface area (Å²) in [5.74, 6) is 0. The van der Waals surface area contributed by atoms with Gasteiger partial charge in [0.25, 0.3) is 0 Å². The second kappa shape index (κ2) is 3.29. The molecule has 0 saturated heterocycles. The molecule has 0 radical (unpaired) electrons. The van der Waals surface area contributed by atoms with Gasteiger partial charge in [-0.1, -0.05) is 6.07 Å². The molecule has 1 heterocycles. The van der Waals surface area contributed by atoms with Crippen LogP contribution >= 0.6 is 0 Å². The molecule has 0 spiro atoms. The van der Waals surface area contributed by atoms with Crippen molar-refractivity contribution in [1.82, 2.24) is 9.78 Å². The van der Waals surface area contributed by atoms with E-state index >= 15 is 0 Å². The fraction of sp³-hybridized carbons (Fsp3) is 0.250. The number of hydrogen-bond acceptors (Lipinski definition) is 1. The first-order chi connectivity index (χ1) is 6.66. The molecule has 72 valence electrons. The lowest BCUT2D eigenvalue weighted by Crippen LogP contribution is -1.99. The Kier molecular flexibility index (Phi) is 2.12. The molecular formula is C12H14N2. The average Bonchev–Trinajstić information content (AvgIpc) is 2.49. The average molecular weight is 186 g/mol. The van der Waals surface area contributed by atoms with E-state index in [1.165, 1.54) is 11.1 Å². The van der Waals surface area contributed by atoms with E-state index in [4.69, 9.17) is 0 Å². The quantitative estimate of drug-likeness (QED) is 0.669. The van der Waals surface area contributed by atoms with Gasteiger partial charge in [-0.2, -0.15) is 5.10 Å². The highest BCUT2D eigenvalue weighted by Crippen LogP contribution is 2.14. The van der Waals surface area contributed by atoms with E-state index in [2.05, 4.69) is 44.1 Å². The Balaban J connectivity index is 2.57. The van der Waals surface area contributed by atoms with Crippen molar-refractivity contribution in [2.75, 3.05) is 0 Å². The molecule has 14 heavy (non-hydrogen) atoms. The van der Waals surface area contributed by atoms with Crippen LogP contribution in [0.5, 0.6) is 0 Å². The van der Waals surface area contributed by atoms with E-state index in [1.54, 1.807) is 0 Å². The van der Waals surface area contributed by atoms with E-state index in [9.17, 15) is 0 Å². The maximum atomic E-state index is 4.28. The van der Waals surface area contributed by atoms with Gasteiger partial charge in [0.1, 0.15) is 0 Å². The highest BCUT2D eigenvalue weighted by atomic mass is 15.3. The summed E-state index contributed by atoms with van der Waals surface area (Å²) >= 11 is 0. The molecular weight excluding hydrogens is 172 g/mol. The molecule has 1 aromatic carbocycles. The largest absolute Gasteiger partial charge is 0.238 e. The van der Waals surface area contributed by atoms with E-state index < -0.39 is 0 Å². The summed E-state index contributed by atoms with van der Waals surface area (Å²) in [6.45, 7) is 6.27. The Morgan fingerprint density at radius 1 is 1.00 bits per heavy atom. The van der Waals surface area contributed by atoms with Gasteiger partial charge < -0.3 is 0 Å². The minimum Gasteiger partial charge on any atom is -0.238 e. The molecule has 0 N–H and O–H groups in total. The zero-order chi connectivity index (χ0) is 10.1. The first-order valence-electron chi connectivity index (χ1n) is 4.76. The topological polar surface area (TPSA) is 17.8 Å². The van der Waals surface area contributed by atoms with Crippen molar-refractivity contribution >= 4 is 0 Å². The number of nitrogens with zero attached hydrogens (tertiary/aromatic N) is 2. The molecule has 2 nitrogen and oxygen atoms in total.